The third kappa shape index (κ3) is 6.86. The summed E-state index contributed by atoms with van der Waals surface area (Å²) < 4.78 is 13.9. The zero-order valence-corrected chi connectivity index (χ0v) is 15.7. The van der Waals surface area contributed by atoms with Gasteiger partial charge < -0.3 is 0 Å². The third-order valence-electron chi connectivity index (χ3n) is 4.61. The van der Waals surface area contributed by atoms with Crippen LogP contribution in [0, 0.1) is 0 Å². The van der Waals surface area contributed by atoms with Gasteiger partial charge in [0.05, 0.1) is 0 Å². The number of halogens is 1. The van der Waals surface area contributed by atoms with E-state index in [1.807, 2.05) is 12.1 Å². The summed E-state index contributed by atoms with van der Waals surface area (Å²) in [4.78, 5) is 0. The van der Waals surface area contributed by atoms with E-state index in [2.05, 4.69) is 50.2 Å². The Morgan fingerprint density at radius 3 is 1.92 bits per heavy atom. The molecule has 0 spiro atoms. The molecule has 2 rings (SSSR count). The van der Waals surface area contributed by atoms with Crippen LogP contribution < -0.4 is 0 Å². The van der Waals surface area contributed by atoms with Crippen LogP contribution in [-0.4, -0.2) is 0 Å². The van der Waals surface area contributed by atoms with E-state index in [4.69, 9.17) is 0 Å². The molecule has 0 aliphatic carbocycles. The summed E-state index contributed by atoms with van der Waals surface area (Å²) in [6.07, 6.45) is 10.3. The number of hydrogen-bond donors (Lipinski definition) is 0. The molecule has 0 unspecified atom stereocenters. The summed E-state index contributed by atoms with van der Waals surface area (Å²) in [5.41, 5.74) is 4.75. The average Bonchev–Trinajstić information content (AvgIpc) is 2.63. The van der Waals surface area contributed by atoms with E-state index in [1.54, 1.807) is 6.08 Å². The Balaban J connectivity index is 1.96. The van der Waals surface area contributed by atoms with Crippen LogP contribution in [0.1, 0.15) is 69.9 Å². The van der Waals surface area contributed by atoms with Crippen LogP contribution >= 0.6 is 0 Å². The molecule has 134 valence electrons. The predicted molar refractivity (Wildman–Crippen MR) is 108 cm³/mol. The molecule has 2 aromatic carbocycles. The van der Waals surface area contributed by atoms with Gasteiger partial charge in [0, 0.05) is 0 Å². The minimum Gasteiger partial charge on any atom is -0.212 e. The first-order valence-corrected chi connectivity index (χ1v) is 9.78. The van der Waals surface area contributed by atoms with Gasteiger partial charge in [-0.2, -0.15) is 0 Å². The molecule has 0 aromatic heterocycles. The smallest absolute Gasteiger partial charge is 0.101 e. The second-order valence-electron chi connectivity index (χ2n) is 6.82. The van der Waals surface area contributed by atoms with Crippen molar-refractivity contribution in [1.82, 2.24) is 0 Å². The highest BCUT2D eigenvalue weighted by Gasteiger charge is 2.00. The highest BCUT2D eigenvalue weighted by Crippen LogP contribution is 2.22. The fraction of sp³-hybridized carbons (Fsp3) is 0.417. The van der Waals surface area contributed by atoms with Crippen LogP contribution in [0.2, 0.25) is 0 Å². The van der Waals surface area contributed by atoms with Crippen molar-refractivity contribution < 1.29 is 4.39 Å². The first kappa shape index (κ1) is 19.4. The molecule has 2 aromatic rings. The Labute approximate surface area is 152 Å². The molecular formula is C24H31F. The molecule has 0 radical (unpaired) electrons. The molecule has 1 heteroatoms. The van der Waals surface area contributed by atoms with Gasteiger partial charge in [0.2, 0.25) is 0 Å². The van der Waals surface area contributed by atoms with Crippen LogP contribution in [0.3, 0.4) is 0 Å². The van der Waals surface area contributed by atoms with Crippen LogP contribution in [0.25, 0.3) is 17.2 Å². The summed E-state index contributed by atoms with van der Waals surface area (Å²) in [7, 11) is 0. The van der Waals surface area contributed by atoms with Crippen molar-refractivity contribution in [2.75, 3.05) is 0 Å². The molecule has 0 atom stereocenters. The first-order chi connectivity index (χ1) is 12.2. The summed E-state index contributed by atoms with van der Waals surface area (Å²) in [5.74, 6) is -0.0161. The van der Waals surface area contributed by atoms with E-state index in [0.717, 1.165) is 31.2 Å². The van der Waals surface area contributed by atoms with Crippen LogP contribution in [0.5, 0.6) is 0 Å². The minimum absolute atomic E-state index is 0.0161. The normalized spacial score (nSPS) is 11.7. The largest absolute Gasteiger partial charge is 0.212 e. The number of rotatable bonds is 10. The van der Waals surface area contributed by atoms with Gasteiger partial charge in [-0.3, -0.25) is 0 Å². The molecule has 0 N–H and O–H groups in total. The van der Waals surface area contributed by atoms with E-state index >= 15 is 0 Å². The zero-order chi connectivity index (χ0) is 17.9. The lowest BCUT2D eigenvalue weighted by molar-refractivity contribution is 0.567. The van der Waals surface area contributed by atoms with Gasteiger partial charge in [-0.25, -0.2) is 4.39 Å². The van der Waals surface area contributed by atoms with Gasteiger partial charge in [0.15, 0.2) is 0 Å². The Morgan fingerprint density at radius 2 is 1.32 bits per heavy atom. The monoisotopic (exact) mass is 338 g/mol. The lowest BCUT2D eigenvalue weighted by Gasteiger charge is -2.05. The van der Waals surface area contributed by atoms with E-state index in [9.17, 15) is 4.39 Å². The maximum atomic E-state index is 13.9. The van der Waals surface area contributed by atoms with Gasteiger partial charge in [0.25, 0.3) is 0 Å². The van der Waals surface area contributed by atoms with Crippen LogP contribution in [-0.2, 0) is 6.42 Å². The topological polar surface area (TPSA) is 0 Å². The van der Waals surface area contributed by atoms with Crippen LogP contribution in [0.15, 0.2) is 54.4 Å². The highest BCUT2D eigenvalue weighted by molar-refractivity contribution is 5.66. The van der Waals surface area contributed by atoms with E-state index in [0.29, 0.717) is 6.42 Å². The molecule has 0 heterocycles. The lowest BCUT2D eigenvalue weighted by Crippen LogP contribution is -1.86. The highest BCUT2D eigenvalue weighted by atomic mass is 19.1. The SMILES string of the molecule is CCCCC/C(F)=C\c1ccc(-c2ccc(CCCCC)cc2)cc1. The molecule has 0 aliphatic heterocycles. The van der Waals surface area contributed by atoms with E-state index in [1.165, 1.54) is 36.0 Å². The fourth-order valence-corrected chi connectivity index (χ4v) is 3.01. The molecular weight excluding hydrogens is 307 g/mol. The van der Waals surface area contributed by atoms with Gasteiger partial charge in [0.1, 0.15) is 5.83 Å². The molecule has 25 heavy (non-hydrogen) atoms. The fourth-order valence-electron chi connectivity index (χ4n) is 3.01. The average molecular weight is 339 g/mol. The summed E-state index contributed by atoms with van der Waals surface area (Å²) in [6, 6.07) is 17.0. The number of allylic oxidation sites excluding steroid dienone is 1. The van der Waals surface area contributed by atoms with Crippen molar-refractivity contribution in [2.24, 2.45) is 0 Å². The van der Waals surface area contributed by atoms with Crippen molar-refractivity contribution in [1.29, 1.82) is 0 Å². The Bertz CT molecular complexity index is 635. The Kier molecular flexibility index (Phi) is 8.45. The van der Waals surface area contributed by atoms with E-state index < -0.39 is 0 Å². The standard InChI is InChI=1S/C24H31F/c1-3-5-7-9-20-11-15-22(16-12-20)23-17-13-21(14-18-23)19-24(25)10-8-6-4-2/h11-19H,3-10H2,1-2H3/b24-19+. The number of unbranched alkanes of at least 4 members (excludes halogenated alkanes) is 4. The van der Waals surface area contributed by atoms with Gasteiger partial charge in [-0.15, -0.1) is 0 Å². The number of hydrogen-bond acceptors (Lipinski definition) is 0. The predicted octanol–water partition coefficient (Wildman–Crippen LogP) is 7.98. The lowest BCUT2D eigenvalue weighted by atomic mass is 10.0. The van der Waals surface area contributed by atoms with E-state index in [-0.39, 0.29) is 5.83 Å². The Hall–Kier alpha value is -1.89. The van der Waals surface area contributed by atoms with Crippen molar-refractivity contribution in [3.63, 3.8) is 0 Å². The molecule has 0 aliphatic rings. The molecule has 0 saturated carbocycles. The quantitative estimate of drug-likeness (QED) is 0.385. The molecule has 0 nitrogen and oxygen atoms in total. The number of aryl methyl sites for hydroxylation is 1. The second kappa shape index (κ2) is 10.9. The maximum absolute atomic E-state index is 13.9. The van der Waals surface area contributed by atoms with Gasteiger partial charge >= 0.3 is 0 Å². The summed E-state index contributed by atoms with van der Waals surface area (Å²) in [6.45, 7) is 4.37. The number of benzene rings is 2. The Morgan fingerprint density at radius 1 is 0.760 bits per heavy atom. The molecule has 0 bridgehead atoms. The van der Waals surface area contributed by atoms with Gasteiger partial charge in [-0.05, 0) is 54.0 Å². The molecule has 0 saturated heterocycles. The second-order valence-corrected chi connectivity index (χ2v) is 6.82. The van der Waals surface area contributed by atoms with Crippen molar-refractivity contribution in [2.45, 2.75) is 65.2 Å². The summed E-state index contributed by atoms with van der Waals surface area (Å²) in [5, 5.41) is 0. The first-order valence-electron chi connectivity index (χ1n) is 9.78. The molecule has 0 amide bonds. The minimum atomic E-state index is -0.0161. The van der Waals surface area contributed by atoms with Crippen molar-refractivity contribution >= 4 is 6.08 Å². The maximum Gasteiger partial charge on any atom is 0.101 e. The summed E-state index contributed by atoms with van der Waals surface area (Å²) >= 11 is 0. The third-order valence-corrected chi connectivity index (χ3v) is 4.61. The van der Waals surface area contributed by atoms with Gasteiger partial charge in [-0.1, -0.05) is 88.1 Å². The zero-order valence-electron chi connectivity index (χ0n) is 15.7. The van der Waals surface area contributed by atoms with Crippen molar-refractivity contribution in [3.8, 4) is 11.1 Å². The van der Waals surface area contributed by atoms with Crippen LogP contribution in [0.4, 0.5) is 4.39 Å². The van der Waals surface area contributed by atoms with Crippen molar-refractivity contribution in [3.05, 3.63) is 65.5 Å². The molecule has 0 fully saturated rings.